The van der Waals surface area contributed by atoms with Crippen molar-refractivity contribution < 1.29 is 9.59 Å². The number of hydrogen-bond donors (Lipinski definition) is 0. The molecular formula is C16H16N2O2. The zero-order chi connectivity index (χ0) is 13.9. The molecular weight excluding hydrogens is 252 g/mol. The third-order valence-electron chi connectivity index (χ3n) is 3.79. The summed E-state index contributed by atoms with van der Waals surface area (Å²) < 4.78 is 0. The first-order valence-electron chi connectivity index (χ1n) is 6.75. The molecule has 0 N–H and O–H groups in total. The summed E-state index contributed by atoms with van der Waals surface area (Å²) in [5.41, 5.74) is 2.29. The fraction of sp³-hybridized carbons (Fsp3) is 0.250. The maximum Gasteiger partial charge on any atom is 0.140 e. The van der Waals surface area contributed by atoms with Crippen LogP contribution in [-0.2, 0) is 16.0 Å². The van der Waals surface area contributed by atoms with E-state index in [2.05, 4.69) is 18.2 Å². The maximum atomic E-state index is 10.9. The van der Waals surface area contributed by atoms with E-state index >= 15 is 0 Å². The van der Waals surface area contributed by atoms with Gasteiger partial charge in [0.15, 0.2) is 0 Å². The molecule has 0 spiro atoms. The molecule has 0 radical (unpaired) electrons. The van der Waals surface area contributed by atoms with Gasteiger partial charge in [-0.05, 0) is 28.8 Å². The van der Waals surface area contributed by atoms with Crippen LogP contribution in [0.3, 0.4) is 0 Å². The standard InChI is InChI=1S/C16H16N2O2/c19-11-9-17-8-7-15-14-4-2-1-3-13(14)5-6-16(15)18(17)10-12-20/h1-6,11-12H,7-10H2. The van der Waals surface area contributed by atoms with Gasteiger partial charge in [-0.2, -0.15) is 0 Å². The molecule has 2 aromatic carbocycles. The molecule has 0 aliphatic carbocycles. The number of rotatable bonds is 4. The summed E-state index contributed by atoms with van der Waals surface area (Å²) in [7, 11) is 0. The van der Waals surface area contributed by atoms with E-state index in [0.29, 0.717) is 6.54 Å². The van der Waals surface area contributed by atoms with Crippen LogP contribution in [0, 0.1) is 0 Å². The molecule has 0 aromatic heterocycles. The Kier molecular flexibility index (Phi) is 3.48. The normalized spacial score (nSPS) is 15.1. The number of fused-ring (bicyclic) bond motifs is 3. The van der Waals surface area contributed by atoms with E-state index in [4.69, 9.17) is 0 Å². The molecule has 2 aromatic rings. The maximum absolute atomic E-state index is 10.9. The van der Waals surface area contributed by atoms with Gasteiger partial charge in [-0.15, -0.1) is 0 Å². The van der Waals surface area contributed by atoms with Gasteiger partial charge < -0.3 is 9.59 Å². The van der Waals surface area contributed by atoms with Crippen molar-refractivity contribution in [2.24, 2.45) is 0 Å². The van der Waals surface area contributed by atoms with Gasteiger partial charge in [0.2, 0.25) is 0 Å². The lowest BCUT2D eigenvalue weighted by Crippen LogP contribution is -2.49. The molecule has 0 fully saturated rings. The van der Waals surface area contributed by atoms with E-state index in [-0.39, 0.29) is 6.54 Å². The topological polar surface area (TPSA) is 40.6 Å². The second kappa shape index (κ2) is 5.43. The van der Waals surface area contributed by atoms with Gasteiger partial charge in [-0.1, -0.05) is 30.3 Å². The Balaban J connectivity index is 2.11. The first-order chi connectivity index (χ1) is 9.85. The van der Waals surface area contributed by atoms with Crippen LogP contribution in [0.2, 0.25) is 0 Å². The number of anilines is 1. The summed E-state index contributed by atoms with van der Waals surface area (Å²) in [4.78, 5) is 21.7. The minimum atomic E-state index is 0.277. The fourth-order valence-corrected chi connectivity index (χ4v) is 2.90. The Labute approximate surface area is 117 Å². The zero-order valence-electron chi connectivity index (χ0n) is 11.2. The molecule has 1 heterocycles. The van der Waals surface area contributed by atoms with E-state index < -0.39 is 0 Å². The lowest BCUT2D eigenvalue weighted by Gasteiger charge is -2.39. The van der Waals surface area contributed by atoms with Gasteiger partial charge >= 0.3 is 0 Å². The Morgan fingerprint density at radius 1 is 1.00 bits per heavy atom. The van der Waals surface area contributed by atoms with Crippen LogP contribution >= 0.6 is 0 Å². The molecule has 4 nitrogen and oxygen atoms in total. The highest BCUT2D eigenvalue weighted by Crippen LogP contribution is 2.33. The first-order valence-corrected chi connectivity index (χ1v) is 6.75. The zero-order valence-corrected chi connectivity index (χ0v) is 11.2. The van der Waals surface area contributed by atoms with Gasteiger partial charge in [0.25, 0.3) is 0 Å². The number of carbonyl (C=O) groups is 2. The predicted molar refractivity (Wildman–Crippen MR) is 78.7 cm³/mol. The van der Waals surface area contributed by atoms with Crippen molar-refractivity contribution >= 4 is 29.0 Å². The smallest absolute Gasteiger partial charge is 0.140 e. The number of hydrazine groups is 1. The molecule has 0 saturated heterocycles. The Hall–Kier alpha value is -2.20. The van der Waals surface area contributed by atoms with Crippen molar-refractivity contribution in [3.05, 3.63) is 42.0 Å². The van der Waals surface area contributed by atoms with E-state index in [1.165, 1.54) is 16.3 Å². The summed E-state index contributed by atoms with van der Waals surface area (Å²) in [6.45, 7) is 1.35. The summed E-state index contributed by atoms with van der Waals surface area (Å²) in [6, 6.07) is 12.4. The van der Waals surface area contributed by atoms with Gasteiger partial charge in [0.05, 0.1) is 18.8 Å². The highest BCUT2D eigenvalue weighted by atomic mass is 16.1. The quantitative estimate of drug-likeness (QED) is 0.793. The van der Waals surface area contributed by atoms with Crippen LogP contribution in [0.15, 0.2) is 36.4 Å². The number of nitrogens with zero attached hydrogens (tertiary/aromatic N) is 2. The number of aldehydes is 2. The molecule has 1 aliphatic rings. The molecule has 0 atom stereocenters. The highest BCUT2D eigenvalue weighted by molar-refractivity contribution is 5.91. The van der Waals surface area contributed by atoms with Crippen molar-refractivity contribution in [1.29, 1.82) is 0 Å². The minimum Gasteiger partial charge on any atom is -0.302 e. The van der Waals surface area contributed by atoms with E-state index in [9.17, 15) is 9.59 Å². The van der Waals surface area contributed by atoms with Gasteiger partial charge in [0.1, 0.15) is 12.6 Å². The van der Waals surface area contributed by atoms with Crippen LogP contribution in [0.1, 0.15) is 5.56 Å². The number of carbonyl (C=O) groups excluding carboxylic acids is 2. The molecule has 0 amide bonds. The van der Waals surface area contributed by atoms with Crippen LogP contribution in [-0.4, -0.2) is 37.2 Å². The first kappa shape index (κ1) is 12.8. The third kappa shape index (κ3) is 2.08. The summed E-state index contributed by atoms with van der Waals surface area (Å²) in [5, 5.41) is 6.28. The lowest BCUT2D eigenvalue weighted by molar-refractivity contribution is -0.110. The average Bonchev–Trinajstić information content (AvgIpc) is 2.49. The van der Waals surface area contributed by atoms with Crippen LogP contribution < -0.4 is 5.01 Å². The van der Waals surface area contributed by atoms with Gasteiger partial charge in [-0.25, -0.2) is 5.01 Å². The van der Waals surface area contributed by atoms with Crippen molar-refractivity contribution in [2.75, 3.05) is 24.6 Å². The van der Waals surface area contributed by atoms with Crippen molar-refractivity contribution in [3.63, 3.8) is 0 Å². The van der Waals surface area contributed by atoms with E-state index in [1.54, 1.807) is 0 Å². The Morgan fingerprint density at radius 3 is 2.60 bits per heavy atom. The summed E-state index contributed by atoms with van der Waals surface area (Å²) >= 11 is 0. The monoisotopic (exact) mass is 268 g/mol. The Bertz CT molecular complexity index is 654. The van der Waals surface area contributed by atoms with Crippen molar-refractivity contribution in [2.45, 2.75) is 6.42 Å². The predicted octanol–water partition coefficient (Wildman–Crippen LogP) is 1.82. The third-order valence-corrected chi connectivity index (χ3v) is 3.79. The molecule has 0 saturated carbocycles. The molecule has 4 heteroatoms. The molecule has 102 valence electrons. The second-order valence-electron chi connectivity index (χ2n) is 4.86. The van der Waals surface area contributed by atoms with Crippen LogP contribution in [0.4, 0.5) is 5.69 Å². The largest absolute Gasteiger partial charge is 0.302 e. The molecule has 0 unspecified atom stereocenters. The fourth-order valence-electron chi connectivity index (χ4n) is 2.90. The van der Waals surface area contributed by atoms with E-state index in [1.807, 2.05) is 28.2 Å². The van der Waals surface area contributed by atoms with Gasteiger partial charge in [-0.3, -0.25) is 5.01 Å². The number of hydrogen-bond acceptors (Lipinski definition) is 4. The number of benzene rings is 2. The molecule has 20 heavy (non-hydrogen) atoms. The summed E-state index contributed by atoms with van der Waals surface area (Å²) in [5.74, 6) is 0. The minimum absolute atomic E-state index is 0.277. The lowest BCUT2D eigenvalue weighted by atomic mass is 9.98. The molecule has 3 rings (SSSR count). The van der Waals surface area contributed by atoms with Crippen LogP contribution in [0.5, 0.6) is 0 Å². The van der Waals surface area contributed by atoms with Crippen molar-refractivity contribution in [1.82, 2.24) is 5.01 Å². The highest BCUT2D eigenvalue weighted by Gasteiger charge is 2.24. The van der Waals surface area contributed by atoms with Crippen LogP contribution in [0.25, 0.3) is 10.8 Å². The summed E-state index contributed by atoms with van der Waals surface area (Å²) in [6.07, 6.45) is 2.64. The molecule has 1 aliphatic heterocycles. The second-order valence-corrected chi connectivity index (χ2v) is 4.86. The van der Waals surface area contributed by atoms with Gasteiger partial charge in [0, 0.05) is 6.54 Å². The van der Waals surface area contributed by atoms with E-state index in [0.717, 1.165) is 31.2 Å². The van der Waals surface area contributed by atoms with Crippen molar-refractivity contribution in [3.8, 4) is 0 Å². The Morgan fingerprint density at radius 2 is 1.80 bits per heavy atom. The molecule has 0 bridgehead atoms. The SMILES string of the molecule is O=CCN1CCc2c(ccc3ccccc23)N1CC=O. The average molecular weight is 268 g/mol.